The first-order valence-electron chi connectivity index (χ1n) is 6.50. The molecule has 0 aliphatic rings. The Morgan fingerprint density at radius 1 is 1.20 bits per heavy atom. The molecule has 0 atom stereocenters. The van der Waals surface area contributed by atoms with Crippen LogP contribution in [-0.2, 0) is 0 Å². The molecule has 0 saturated heterocycles. The SMILES string of the molecule is CCOc1nc(Cl)nc(Nc2ccccc2C(C)C)n1. The molecule has 106 valence electrons. The second-order valence-corrected chi connectivity index (χ2v) is 4.85. The van der Waals surface area contributed by atoms with Crippen molar-refractivity contribution in [1.82, 2.24) is 15.0 Å². The molecule has 0 radical (unpaired) electrons. The third-order valence-corrected chi connectivity index (χ3v) is 2.86. The number of benzene rings is 1. The first-order chi connectivity index (χ1) is 9.60. The maximum Gasteiger partial charge on any atom is 0.322 e. The smallest absolute Gasteiger partial charge is 0.322 e. The van der Waals surface area contributed by atoms with Crippen LogP contribution in [-0.4, -0.2) is 21.6 Å². The van der Waals surface area contributed by atoms with Crippen molar-refractivity contribution < 1.29 is 4.74 Å². The van der Waals surface area contributed by atoms with E-state index in [2.05, 4.69) is 40.2 Å². The standard InChI is InChI=1S/C14H17ClN4O/c1-4-20-14-18-12(15)17-13(19-14)16-11-8-6-5-7-10(11)9(2)3/h5-9H,4H2,1-3H3,(H,16,17,18,19). The van der Waals surface area contributed by atoms with Crippen LogP contribution >= 0.6 is 11.6 Å². The van der Waals surface area contributed by atoms with Crippen LogP contribution in [0.25, 0.3) is 0 Å². The van der Waals surface area contributed by atoms with Gasteiger partial charge in [0, 0.05) is 5.69 Å². The summed E-state index contributed by atoms with van der Waals surface area (Å²) in [7, 11) is 0. The lowest BCUT2D eigenvalue weighted by atomic mass is 10.0. The second-order valence-electron chi connectivity index (χ2n) is 4.51. The molecule has 0 aliphatic carbocycles. The van der Waals surface area contributed by atoms with Gasteiger partial charge in [-0.2, -0.15) is 15.0 Å². The molecule has 2 rings (SSSR count). The van der Waals surface area contributed by atoms with Crippen LogP contribution in [0.5, 0.6) is 6.01 Å². The zero-order chi connectivity index (χ0) is 14.5. The maximum atomic E-state index is 5.87. The van der Waals surface area contributed by atoms with Gasteiger partial charge in [-0.3, -0.25) is 0 Å². The minimum absolute atomic E-state index is 0.105. The van der Waals surface area contributed by atoms with Crippen molar-refractivity contribution in [3.8, 4) is 6.01 Å². The Kier molecular flexibility index (Phi) is 4.74. The molecule has 5 nitrogen and oxygen atoms in total. The highest BCUT2D eigenvalue weighted by Crippen LogP contribution is 2.26. The van der Waals surface area contributed by atoms with E-state index in [0.717, 1.165) is 5.69 Å². The average Bonchev–Trinajstić information content (AvgIpc) is 2.38. The van der Waals surface area contributed by atoms with E-state index in [0.29, 0.717) is 18.5 Å². The van der Waals surface area contributed by atoms with E-state index in [1.807, 2.05) is 25.1 Å². The number of anilines is 2. The summed E-state index contributed by atoms with van der Waals surface area (Å²) < 4.78 is 5.26. The Morgan fingerprint density at radius 2 is 1.95 bits per heavy atom. The van der Waals surface area contributed by atoms with Gasteiger partial charge in [0.15, 0.2) is 0 Å². The average molecular weight is 293 g/mol. The van der Waals surface area contributed by atoms with E-state index in [1.54, 1.807) is 0 Å². The summed E-state index contributed by atoms with van der Waals surface area (Å²) in [6.45, 7) is 6.60. The van der Waals surface area contributed by atoms with Crippen LogP contribution < -0.4 is 10.1 Å². The van der Waals surface area contributed by atoms with Crippen molar-refractivity contribution in [3.05, 3.63) is 35.1 Å². The lowest BCUT2D eigenvalue weighted by molar-refractivity contribution is 0.312. The molecule has 20 heavy (non-hydrogen) atoms. The molecule has 1 N–H and O–H groups in total. The summed E-state index contributed by atoms with van der Waals surface area (Å²) in [4.78, 5) is 12.1. The minimum Gasteiger partial charge on any atom is -0.464 e. The maximum absolute atomic E-state index is 5.87. The van der Waals surface area contributed by atoms with Gasteiger partial charge in [0.25, 0.3) is 0 Å². The fraction of sp³-hybridized carbons (Fsp3) is 0.357. The highest BCUT2D eigenvalue weighted by molar-refractivity contribution is 6.28. The molecule has 0 aliphatic heterocycles. The van der Waals surface area contributed by atoms with Crippen LogP contribution in [0.4, 0.5) is 11.6 Å². The van der Waals surface area contributed by atoms with Gasteiger partial charge in [-0.1, -0.05) is 32.0 Å². The number of halogens is 1. The number of hydrogen-bond donors (Lipinski definition) is 1. The predicted octanol–water partition coefficient (Wildman–Crippen LogP) is 3.79. The van der Waals surface area contributed by atoms with Crippen LogP contribution in [0.2, 0.25) is 5.28 Å². The quantitative estimate of drug-likeness (QED) is 0.908. The fourth-order valence-electron chi connectivity index (χ4n) is 1.82. The van der Waals surface area contributed by atoms with Crippen molar-refractivity contribution >= 4 is 23.2 Å². The van der Waals surface area contributed by atoms with Crippen molar-refractivity contribution in [2.45, 2.75) is 26.7 Å². The molecular weight excluding hydrogens is 276 g/mol. The van der Waals surface area contributed by atoms with Crippen LogP contribution in [0.1, 0.15) is 32.3 Å². The monoisotopic (exact) mass is 292 g/mol. The Hall–Kier alpha value is -1.88. The Bertz CT molecular complexity index is 589. The van der Waals surface area contributed by atoms with E-state index in [-0.39, 0.29) is 11.3 Å². The van der Waals surface area contributed by atoms with Gasteiger partial charge in [-0.05, 0) is 36.1 Å². The predicted molar refractivity (Wildman–Crippen MR) is 79.8 cm³/mol. The Morgan fingerprint density at radius 3 is 2.65 bits per heavy atom. The van der Waals surface area contributed by atoms with Gasteiger partial charge < -0.3 is 10.1 Å². The number of para-hydroxylation sites is 1. The van der Waals surface area contributed by atoms with Gasteiger partial charge >= 0.3 is 6.01 Å². The van der Waals surface area contributed by atoms with Gasteiger partial charge in [0.05, 0.1) is 6.61 Å². The summed E-state index contributed by atoms with van der Waals surface area (Å²) >= 11 is 5.87. The van der Waals surface area contributed by atoms with Gasteiger partial charge in [0.1, 0.15) is 0 Å². The number of nitrogens with zero attached hydrogens (tertiary/aromatic N) is 3. The Labute approximate surface area is 123 Å². The third kappa shape index (κ3) is 3.57. The van der Waals surface area contributed by atoms with Crippen molar-refractivity contribution in [3.63, 3.8) is 0 Å². The first-order valence-corrected chi connectivity index (χ1v) is 6.88. The second kappa shape index (κ2) is 6.52. The minimum atomic E-state index is 0.105. The Balaban J connectivity index is 2.30. The molecule has 2 aromatic rings. The van der Waals surface area contributed by atoms with E-state index in [9.17, 15) is 0 Å². The van der Waals surface area contributed by atoms with Crippen LogP contribution in [0.3, 0.4) is 0 Å². The fourth-order valence-corrected chi connectivity index (χ4v) is 1.97. The normalized spacial score (nSPS) is 10.7. The van der Waals surface area contributed by atoms with E-state index >= 15 is 0 Å². The van der Waals surface area contributed by atoms with Gasteiger partial charge in [-0.15, -0.1) is 0 Å². The highest BCUT2D eigenvalue weighted by atomic mass is 35.5. The van der Waals surface area contributed by atoms with Crippen molar-refractivity contribution in [1.29, 1.82) is 0 Å². The molecule has 6 heteroatoms. The molecule has 1 aromatic carbocycles. The number of aromatic nitrogens is 3. The zero-order valence-electron chi connectivity index (χ0n) is 11.7. The van der Waals surface area contributed by atoms with Crippen molar-refractivity contribution in [2.75, 3.05) is 11.9 Å². The summed E-state index contributed by atoms with van der Waals surface area (Å²) in [5, 5.41) is 3.27. The molecular formula is C14H17ClN4O. The lowest BCUT2D eigenvalue weighted by Gasteiger charge is -2.13. The zero-order valence-corrected chi connectivity index (χ0v) is 12.5. The van der Waals surface area contributed by atoms with Crippen molar-refractivity contribution in [2.24, 2.45) is 0 Å². The van der Waals surface area contributed by atoms with Gasteiger partial charge in [-0.25, -0.2) is 0 Å². The van der Waals surface area contributed by atoms with E-state index in [1.165, 1.54) is 5.56 Å². The summed E-state index contributed by atoms with van der Waals surface area (Å²) in [5.41, 5.74) is 2.13. The topological polar surface area (TPSA) is 59.9 Å². The molecule has 0 spiro atoms. The van der Waals surface area contributed by atoms with Gasteiger partial charge in [0.2, 0.25) is 11.2 Å². The molecule has 0 fully saturated rings. The van der Waals surface area contributed by atoms with Crippen LogP contribution in [0, 0.1) is 0 Å². The molecule has 0 bridgehead atoms. The van der Waals surface area contributed by atoms with Crippen LogP contribution in [0.15, 0.2) is 24.3 Å². The van der Waals surface area contributed by atoms with E-state index < -0.39 is 0 Å². The number of rotatable bonds is 5. The lowest BCUT2D eigenvalue weighted by Crippen LogP contribution is -2.05. The number of nitrogens with one attached hydrogen (secondary N) is 1. The summed E-state index contributed by atoms with van der Waals surface area (Å²) in [5.74, 6) is 0.768. The molecule has 0 amide bonds. The summed E-state index contributed by atoms with van der Waals surface area (Å²) in [6, 6.07) is 8.23. The molecule has 1 aromatic heterocycles. The molecule has 0 saturated carbocycles. The van der Waals surface area contributed by atoms with E-state index in [4.69, 9.17) is 16.3 Å². The molecule has 1 heterocycles. The number of ether oxygens (including phenoxy) is 1. The number of hydrogen-bond acceptors (Lipinski definition) is 5. The summed E-state index contributed by atoms with van der Waals surface area (Å²) in [6.07, 6.45) is 0. The highest BCUT2D eigenvalue weighted by Gasteiger charge is 2.10. The third-order valence-electron chi connectivity index (χ3n) is 2.69. The largest absolute Gasteiger partial charge is 0.464 e. The molecule has 0 unspecified atom stereocenters. The first kappa shape index (κ1) is 14.5.